The van der Waals surface area contributed by atoms with E-state index in [0.717, 1.165) is 18.8 Å². The van der Waals surface area contributed by atoms with Gasteiger partial charge in [0, 0.05) is 37.6 Å². The zero-order valence-electron chi connectivity index (χ0n) is 16.2. The summed E-state index contributed by atoms with van der Waals surface area (Å²) in [5.74, 6) is -0.330. The average Bonchev–Trinajstić information content (AvgIpc) is 2.75. The summed E-state index contributed by atoms with van der Waals surface area (Å²) in [6, 6.07) is 18.1. The van der Waals surface area contributed by atoms with Gasteiger partial charge in [-0.15, -0.1) is 0 Å². The van der Waals surface area contributed by atoms with Crippen LogP contribution in [0.15, 0.2) is 60.7 Å². The second-order valence-electron chi connectivity index (χ2n) is 6.94. The van der Waals surface area contributed by atoms with Crippen molar-refractivity contribution in [1.82, 2.24) is 14.9 Å². The standard InChI is InChI=1S/C22H22FN5O/c1-16-15-20(26-22(24-16)25-19-10-6-5-9-18(19)23)21(29)28-13-11-27(12-14-28)17-7-3-2-4-8-17/h2-10,15H,11-14H2,1H3,(H,24,25,26). The van der Waals surface area contributed by atoms with Crippen LogP contribution in [0.2, 0.25) is 0 Å². The molecule has 3 aromatic rings. The van der Waals surface area contributed by atoms with Crippen molar-refractivity contribution in [3.8, 4) is 0 Å². The summed E-state index contributed by atoms with van der Waals surface area (Å²) in [4.78, 5) is 25.7. The number of rotatable bonds is 4. The Morgan fingerprint density at radius 1 is 0.966 bits per heavy atom. The number of para-hydroxylation sites is 2. The molecule has 4 rings (SSSR count). The largest absolute Gasteiger partial charge is 0.368 e. The van der Waals surface area contributed by atoms with E-state index in [4.69, 9.17) is 0 Å². The molecule has 2 aromatic carbocycles. The van der Waals surface area contributed by atoms with Crippen molar-refractivity contribution in [2.24, 2.45) is 0 Å². The normalized spacial score (nSPS) is 14.0. The number of nitrogens with zero attached hydrogens (tertiary/aromatic N) is 4. The van der Waals surface area contributed by atoms with Crippen LogP contribution in [0, 0.1) is 12.7 Å². The first kappa shape index (κ1) is 18.9. The first-order valence-corrected chi connectivity index (χ1v) is 9.57. The Labute approximate surface area is 169 Å². The molecule has 1 aromatic heterocycles. The van der Waals surface area contributed by atoms with Gasteiger partial charge in [-0.1, -0.05) is 30.3 Å². The zero-order chi connectivity index (χ0) is 20.2. The molecule has 0 aliphatic carbocycles. The lowest BCUT2D eigenvalue weighted by Crippen LogP contribution is -2.49. The number of nitrogens with one attached hydrogen (secondary N) is 1. The van der Waals surface area contributed by atoms with E-state index in [1.807, 2.05) is 18.2 Å². The summed E-state index contributed by atoms with van der Waals surface area (Å²) in [6.45, 7) is 4.55. The molecule has 1 saturated heterocycles. The lowest BCUT2D eigenvalue weighted by atomic mass is 10.2. The summed E-state index contributed by atoms with van der Waals surface area (Å²) >= 11 is 0. The molecule has 1 aliphatic heterocycles. The van der Waals surface area contributed by atoms with Gasteiger partial charge in [-0.05, 0) is 37.3 Å². The highest BCUT2D eigenvalue weighted by molar-refractivity contribution is 5.93. The predicted molar refractivity (Wildman–Crippen MR) is 111 cm³/mol. The van der Waals surface area contributed by atoms with Crippen LogP contribution < -0.4 is 10.2 Å². The van der Waals surface area contributed by atoms with E-state index in [1.54, 1.807) is 36.1 Å². The van der Waals surface area contributed by atoms with Crippen molar-refractivity contribution >= 4 is 23.2 Å². The number of aromatic nitrogens is 2. The van der Waals surface area contributed by atoms with E-state index in [1.165, 1.54) is 6.07 Å². The third-order valence-corrected chi connectivity index (χ3v) is 4.88. The molecule has 0 bridgehead atoms. The number of carbonyl (C=O) groups excluding carboxylic acids is 1. The Balaban J connectivity index is 1.46. The highest BCUT2D eigenvalue weighted by Crippen LogP contribution is 2.19. The Morgan fingerprint density at radius 2 is 1.66 bits per heavy atom. The van der Waals surface area contributed by atoms with E-state index < -0.39 is 5.82 Å². The molecular formula is C22H22FN5O. The van der Waals surface area contributed by atoms with Crippen LogP contribution in [0.5, 0.6) is 0 Å². The minimum Gasteiger partial charge on any atom is -0.368 e. The maximum Gasteiger partial charge on any atom is 0.272 e. The summed E-state index contributed by atoms with van der Waals surface area (Å²) in [6.07, 6.45) is 0. The van der Waals surface area contributed by atoms with Crippen LogP contribution in [0.25, 0.3) is 0 Å². The van der Waals surface area contributed by atoms with Gasteiger partial charge >= 0.3 is 0 Å². The number of amides is 1. The number of carbonyl (C=O) groups is 1. The molecule has 0 atom stereocenters. The number of benzene rings is 2. The number of piperazine rings is 1. The van der Waals surface area contributed by atoms with Gasteiger partial charge in [0.25, 0.3) is 5.91 Å². The van der Waals surface area contributed by atoms with Crippen molar-refractivity contribution < 1.29 is 9.18 Å². The topological polar surface area (TPSA) is 61.4 Å². The number of hydrogen-bond acceptors (Lipinski definition) is 5. The van der Waals surface area contributed by atoms with Crippen LogP contribution in [0.3, 0.4) is 0 Å². The van der Waals surface area contributed by atoms with Crippen LogP contribution in [-0.4, -0.2) is 47.0 Å². The van der Waals surface area contributed by atoms with Crippen molar-refractivity contribution in [1.29, 1.82) is 0 Å². The second-order valence-corrected chi connectivity index (χ2v) is 6.94. The van der Waals surface area contributed by atoms with E-state index in [0.29, 0.717) is 24.5 Å². The molecule has 2 heterocycles. The Bertz CT molecular complexity index is 1000. The molecule has 148 valence electrons. The lowest BCUT2D eigenvalue weighted by Gasteiger charge is -2.36. The van der Waals surface area contributed by atoms with Gasteiger partial charge in [0.15, 0.2) is 0 Å². The smallest absolute Gasteiger partial charge is 0.272 e. The summed E-state index contributed by atoms with van der Waals surface area (Å²) in [7, 11) is 0. The third-order valence-electron chi connectivity index (χ3n) is 4.88. The van der Waals surface area contributed by atoms with Crippen molar-refractivity contribution in [3.63, 3.8) is 0 Å². The predicted octanol–water partition coefficient (Wildman–Crippen LogP) is 3.63. The molecule has 0 unspecified atom stereocenters. The van der Waals surface area contributed by atoms with Crippen LogP contribution >= 0.6 is 0 Å². The Morgan fingerprint density at radius 3 is 2.38 bits per heavy atom. The van der Waals surface area contributed by atoms with Crippen molar-refractivity contribution in [2.75, 3.05) is 36.4 Å². The number of halogens is 1. The fourth-order valence-corrected chi connectivity index (χ4v) is 3.39. The average molecular weight is 391 g/mol. The van der Waals surface area contributed by atoms with Gasteiger partial charge in [0.2, 0.25) is 5.95 Å². The summed E-state index contributed by atoms with van der Waals surface area (Å²) < 4.78 is 13.9. The summed E-state index contributed by atoms with van der Waals surface area (Å²) in [5, 5.41) is 2.86. The molecule has 0 saturated carbocycles. The molecule has 6 nitrogen and oxygen atoms in total. The van der Waals surface area contributed by atoms with Gasteiger partial charge in [-0.3, -0.25) is 4.79 Å². The highest BCUT2D eigenvalue weighted by atomic mass is 19.1. The fraction of sp³-hybridized carbons (Fsp3) is 0.227. The molecule has 1 amide bonds. The fourth-order valence-electron chi connectivity index (χ4n) is 3.39. The molecule has 1 aliphatic rings. The molecule has 29 heavy (non-hydrogen) atoms. The maximum atomic E-state index is 13.9. The van der Waals surface area contributed by atoms with Gasteiger partial charge in [0.05, 0.1) is 5.69 Å². The second kappa shape index (κ2) is 8.26. The van der Waals surface area contributed by atoms with Gasteiger partial charge in [-0.2, -0.15) is 0 Å². The molecule has 1 fully saturated rings. The van der Waals surface area contributed by atoms with E-state index in [-0.39, 0.29) is 17.5 Å². The first-order valence-electron chi connectivity index (χ1n) is 9.57. The quantitative estimate of drug-likeness (QED) is 0.736. The Kier molecular flexibility index (Phi) is 5.37. The third kappa shape index (κ3) is 4.34. The molecule has 1 N–H and O–H groups in total. The molecule has 0 spiro atoms. The van der Waals surface area contributed by atoms with Gasteiger partial charge < -0.3 is 15.1 Å². The Hall–Kier alpha value is -3.48. The minimum atomic E-state index is -0.400. The molecule has 0 radical (unpaired) electrons. The van der Waals surface area contributed by atoms with Gasteiger partial charge in [0.1, 0.15) is 11.5 Å². The summed E-state index contributed by atoms with van der Waals surface area (Å²) in [5.41, 5.74) is 2.39. The SMILES string of the molecule is Cc1cc(C(=O)N2CCN(c3ccccc3)CC2)nc(Nc2ccccc2F)n1. The van der Waals surface area contributed by atoms with Crippen LogP contribution in [-0.2, 0) is 0 Å². The number of hydrogen-bond donors (Lipinski definition) is 1. The van der Waals surface area contributed by atoms with Gasteiger partial charge in [-0.25, -0.2) is 14.4 Å². The minimum absolute atomic E-state index is 0.139. The van der Waals surface area contributed by atoms with E-state index in [2.05, 4.69) is 32.3 Å². The highest BCUT2D eigenvalue weighted by Gasteiger charge is 2.24. The molecule has 7 heteroatoms. The maximum absolute atomic E-state index is 13.9. The number of aryl methyl sites for hydroxylation is 1. The van der Waals surface area contributed by atoms with E-state index >= 15 is 0 Å². The number of anilines is 3. The first-order chi connectivity index (χ1) is 14.1. The molecular weight excluding hydrogens is 369 g/mol. The monoisotopic (exact) mass is 391 g/mol. The van der Waals surface area contributed by atoms with Crippen molar-refractivity contribution in [2.45, 2.75) is 6.92 Å². The zero-order valence-corrected chi connectivity index (χ0v) is 16.2. The van der Waals surface area contributed by atoms with Crippen LogP contribution in [0.1, 0.15) is 16.2 Å². The van der Waals surface area contributed by atoms with Crippen LogP contribution in [0.4, 0.5) is 21.7 Å². The lowest BCUT2D eigenvalue weighted by molar-refractivity contribution is 0.0740. The van der Waals surface area contributed by atoms with E-state index in [9.17, 15) is 9.18 Å². The van der Waals surface area contributed by atoms with Crippen molar-refractivity contribution in [3.05, 3.63) is 77.9 Å².